The highest BCUT2D eigenvalue weighted by atomic mass is 15.2. The molecule has 1 aliphatic heterocycles. The molecule has 5 unspecified atom stereocenters. The minimum atomic E-state index is 0.409. The molecule has 1 heterocycles. The van der Waals surface area contributed by atoms with E-state index >= 15 is 0 Å². The molecule has 1 aliphatic carbocycles. The van der Waals surface area contributed by atoms with Crippen molar-refractivity contribution >= 4 is 0 Å². The van der Waals surface area contributed by atoms with Crippen LogP contribution in [0, 0.1) is 17.8 Å². The maximum Gasteiger partial charge on any atom is 0.0194 e. The number of hydrogen-bond donors (Lipinski definition) is 1. The lowest BCUT2D eigenvalue weighted by atomic mass is 9.70. The van der Waals surface area contributed by atoms with Crippen molar-refractivity contribution in [3.63, 3.8) is 0 Å². The van der Waals surface area contributed by atoms with Gasteiger partial charge in [-0.2, -0.15) is 0 Å². The minimum Gasteiger partial charge on any atom is -0.326 e. The van der Waals surface area contributed by atoms with E-state index in [0.717, 1.165) is 30.3 Å². The third-order valence-corrected chi connectivity index (χ3v) is 4.63. The predicted octanol–water partition coefficient (Wildman–Crippen LogP) is 1.70. The van der Waals surface area contributed by atoms with Gasteiger partial charge >= 0.3 is 0 Å². The smallest absolute Gasteiger partial charge is 0.0194 e. The third-order valence-electron chi connectivity index (χ3n) is 4.63. The molecule has 0 radical (unpaired) electrons. The van der Waals surface area contributed by atoms with Gasteiger partial charge in [0.25, 0.3) is 0 Å². The van der Waals surface area contributed by atoms with Crippen molar-refractivity contribution in [2.75, 3.05) is 13.1 Å². The number of piperidine rings is 1. The molecule has 0 bridgehead atoms. The Labute approximate surface area is 87.8 Å². The van der Waals surface area contributed by atoms with Crippen molar-refractivity contribution in [2.45, 2.75) is 45.7 Å². The van der Waals surface area contributed by atoms with Crippen LogP contribution in [-0.4, -0.2) is 30.1 Å². The Morgan fingerprint density at radius 2 is 1.86 bits per heavy atom. The van der Waals surface area contributed by atoms with Crippen LogP contribution >= 0.6 is 0 Å². The fraction of sp³-hybridized carbons (Fsp3) is 1.00. The zero-order chi connectivity index (χ0) is 10.3. The predicted molar refractivity (Wildman–Crippen MR) is 60.1 cm³/mol. The van der Waals surface area contributed by atoms with Gasteiger partial charge in [0.1, 0.15) is 0 Å². The monoisotopic (exact) mass is 196 g/mol. The number of hydrogen-bond acceptors (Lipinski definition) is 2. The summed E-state index contributed by atoms with van der Waals surface area (Å²) in [5.74, 6) is 2.53. The topological polar surface area (TPSA) is 29.3 Å². The normalized spacial score (nSPS) is 50.1. The van der Waals surface area contributed by atoms with Gasteiger partial charge < -0.3 is 5.73 Å². The number of nitrogens with zero attached hydrogens (tertiary/aromatic N) is 1. The molecule has 2 aliphatic rings. The zero-order valence-electron chi connectivity index (χ0n) is 9.74. The molecule has 0 aromatic carbocycles. The van der Waals surface area contributed by atoms with Gasteiger partial charge in [-0.05, 0) is 37.1 Å². The lowest BCUT2D eigenvalue weighted by Crippen LogP contribution is -2.57. The van der Waals surface area contributed by atoms with Crippen LogP contribution in [0.3, 0.4) is 0 Å². The number of likely N-dealkylation sites (tertiary alicyclic amines) is 1. The first-order valence-corrected chi connectivity index (χ1v) is 6.09. The summed E-state index contributed by atoms with van der Waals surface area (Å²) in [6.45, 7) is 9.45. The van der Waals surface area contributed by atoms with Gasteiger partial charge in [-0.15, -0.1) is 0 Å². The summed E-state index contributed by atoms with van der Waals surface area (Å²) in [5, 5.41) is 0. The molecule has 0 amide bonds. The largest absolute Gasteiger partial charge is 0.326 e. The van der Waals surface area contributed by atoms with Crippen molar-refractivity contribution in [1.29, 1.82) is 0 Å². The van der Waals surface area contributed by atoms with Gasteiger partial charge in [-0.25, -0.2) is 0 Å². The highest BCUT2D eigenvalue weighted by molar-refractivity contribution is 4.94. The molecule has 5 atom stereocenters. The summed E-state index contributed by atoms with van der Waals surface area (Å²) in [7, 11) is 0. The first kappa shape index (κ1) is 10.4. The van der Waals surface area contributed by atoms with Crippen LogP contribution in [0.25, 0.3) is 0 Å². The van der Waals surface area contributed by atoms with E-state index in [1.807, 2.05) is 0 Å². The number of nitrogens with two attached hydrogens (primary N) is 1. The molecule has 0 aromatic heterocycles. The van der Waals surface area contributed by atoms with Gasteiger partial charge in [-0.3, -0.25) is 4.90 Å². The molecule has 82 valence electrons. The molecule has 0 spiro atoms. The van der Waals surface area contributed by atoms with Crippen LogP contribution < -0.4 is 5.73 Å². The Balaban J connectivity index is 1.88. The second kappa shape index (κ2) is 3.82. The fourth-order valence-electron chi connectivity index (χ4n) is 2.90. The van der Waals surface area contributed by atoms with Crippen LogP contribution in [0.5, 0.6) is 0 Å². The standard InChI is InChI=1S/C12H24N2/c1-8-4-5-14(7-11(8)13)12-6-9(2)10(12)3/h8-12H,4-7,13H2,1-3H3. The van der Waals surface area contributed by atoms with Gasteiger partial charge in [0.15, 0.2) is 0 Å². The minimum absolute atomic E-state index is 0.409. The first-order valence-electron chi connectivity index (χ1n) is 6.09. The second-order valence-electron chi connectivity index (χ2n) is 5.56. The van der Waals surface area contributed by atoms with Gasteiger partial charge in [0, 0.05) is 18.6 Å². The molecule has 0 aromatic rings. The molecule has 1 saturated carbocycles. The summed E-state index contributed by atoms with van der Waals surface area (Å²) in [4.78, 5) is 2.63. The van der Waals surface area contributed by atoms with Crippen molar-refractivity contribution < 1.29 is 0 Å². The van der Waals surface area contributed by atoms with Gasteiger partial charge in [-0.1, -0.05) is 20.8 Å². The van der Waals surface area contributed by atoms with E-state index in [4.69, 9.17) is 5.73 Å². The molecule has 2 fully saturated rings. The summed E-state index contributed by atoms with van der Waals surface area (Å²) >= 11 is 0. The Bertz CT molecular complexity index is 204. The molecule has 2 nitrogen and oxygen atoms in total. The Morgan fingerprint density at radius 3 is 2.36 bits per heavy atom. The average molecular weight is 196 g/mol. The average Bonchev–Trinajstić information content (AvgIpc) is 2.18. The van der Waals surface area contributed by atoms with E-state index in [-0.39, 0.29) is 0 Å². The Kier molecular flexibility index (Phi) is 2.85. The van der Waals surface area contributed by atoms with E-state index in [1.165, 1.54) is 19.4 Å². The molecule has 1 saturated heterocycles. The van der Waals surface area contributed by atoms with Crippen molar-refractivity contribution in [3.8, 4) is 0 Å². The lowest BCUT2D eigenvalue weighted by Gasteiger charge is -2.50. The van der Waals surface area contributed by atoms with Crippen molar-refractivity contribution in [2.24, 2.45) is 23.5 Å². The molecule has 2 heteroatoms. The lowest BCUT2D eigenvalue weighted by molar-refractivity contribution is -0.00199. The van der Waals surface area contributed by atoms with Crippen LogP contribution in [0.1, 0.15) is 33.6 Å². The maximum absolute atomic E-state index is 6.12. The van der Waals surface area contributed by atoms with Crippen LogP contribution in [0.2, 0.25) is 0 Å². The molecule has 14 heavy (non-hydrogen) atoms. The molecule has 2 N–H and O–H groups in total. The van der Waals surface area contributed by atoms with E-state index in [0.29, 0.717) is 6.04 Å². The molecule has 2 rings (SSSR count). The van der Waals surface area contributed by atoms with Crippen LogP contribution in [0.15, 0.2) is 0 Å². The summed E-state index contributed by atoms with van der Waals surface area (Å²) in [6.07, 6.45) is 2.68. The molecular formula is C12H24N2. The Morgan fingerprint density at radius 1 is 1.14 bits per heavy atom. The summed E-state index contributed by atoms with van der Waals surface area (Å²) < 4.78 is 0. The van der Waals surface area contributed by atoms with Crippen LogP contribution in [0.4, 0.5) is 0 Å². The van der Waals surface area contributed by atoms with Crippen LogP contribution in [-0.2, 0) is 0 Å². The summed E-state index contributed by atoms with van der Waals surface area (Å²) in [6, 6.07) is 1.25. The van der Waals surface area contributed by atoms with E-state index in [1.54, 1.807) is 0 Å². The SMILES string of the molecule is CC1CCN(C2CC(C)C2C)CC1N. The van der Waals surface area contributed by atoms with E-state index in [2.05, 4.69) is 25.7 Å². The third kappa shape index (κ3) is 1.70. The second-order valence-corrected chi connectivity index (χ2v) is 5.56. The zero-order valence-corrected chi connectivity index (χ0v) is 9.74. The van der Waals surface area contributed by atoms with Crippen molar-refractivity contribution in [3.05, 3.63) is 0 Å². The fourth-order valence-corrected chi connectivity index (χ4v) is 2.90. The first-order chi connectivity index (χ1) is 6.59. The number of rotatable bonds is 1. The summed E-state index contributed by atoms with van der Waals surface area (Å²) in [5.41, 5.74) is 6.12. The van der Waals surface area contributed by atoms with Crippen molar-refractivity contribution in [1.82, 2.24) is 4.90 Å². The van der Waals surface area contributed by atoms with Gasteiger partial charge in [0.05, 0.1) is 0 Å². The van der Waals surface area contributed by atoms with E-state index in [9.17, 15) is 0 Å². The molecular weight excluding hydrogens is 172 g/mol. The Hall–Kier alpha value is -0.0800. The highest BCUT2D eigenvalue weighted by Gasteiger charge is 2.40. The quantitative estimate of drug-likeness (QED) is 0.691. The van der Waals surface area contributed by atoms with Gasteiger partial charge in [0.2, 0.25) is 0 Å². The van der Waals surface area contributed by atoms with E-state index < -0.39 is 0 Å². The highest BCUT2D eigenvalue weighted by Crippen LogP contribution is 2.38. The maximum atomic E-state index is 6.12.